The van der Waals surface area contributed by atoms with Crippen molar-refractivity contribution in [3.63, 3.8) is 0 Å². The Hall–Kier alpha value is -2.34. The largest absolute Gasteiger partial charge is 0.494 e. The van der Waals surface area contributed by atoms with E-state index in [9.17, 15) is 4.79 Å². The molecule has 0 aliphatic heterocycles. The van der Waals surface area contributed by atoms with Crippen LogP contribution in [0.5, 0.6) is 5.75 Å². The number of nitrogens with zero attached hydrogens (tertiary/aromatic N) is 1. The highest BCUT2D eigenvalue weighted by molar-refractivity contribution is 5.80. The van der Waals surface area contributed by atoms with Gasteiger partial charge in [0.05, 0.1) is 12.1 Å². The van der Waals surface area contributed by atoms with Gasteiger partial charge in [-0.15, -0.1) is 6.42 Å². The van der Waals surface area contributed by atoms with Crippen LogP contribution < -0.4 is 4.74 Å². The van der Waals surface area contributed by atoms with Crippen molar-refractivity contribution < 1.29 is 9.53 Å². The van der Waals surface area contributed by atoms with Crippen molar-refractivity contribution in [1.29, 1.82) is 0 Å². The molecule has 0 amide bonds. The molecule has 1 heterocycles. The molecule has 0 atom stereocenters. The van der Waals surface area contributed by atoms with Crippen LogP contribution in [-0.2, 0) is 4.79 Å². The number of Topliss-reactive ketones (excluding diaryl/α,β-unsaturated/α-hetero) is 1. The lowest BCUT2D eigenvalue weighted by atomic mass is 10.2. The zero-order valence-corrected chi connectivity index (χ0v) is 10.8. The lowest BCUT2D eigenvalue weighted by molar-refractivity contribution is -0.117. The third-order valence-corrected chi connectivity index (χ3v) is 2.75. The standard InChI is InChI=1S/C16H15NO2/c1-3-14-7-6-13-11-15(8-9-16(13)17-14)19-10-4-5-12(2)18/h1,6-9,11H,4-5,10H2,2H3. The molecule has 0 fully saturated rings. The van der Waals surface area contributed by atoms with E-state index in [-0.39, 0.29) is 5.78 Å². The van der Waals surface area contributed by atoms with Crippen molar-refractivity contribution in [1.82, 2.24) is 4.98 Å². The number of pyridine rings is 1. The molecule has 0 bridgehead atoms. The normalized spacial score (nSPS) is 10.1. The second kappa shape index (κ2) is 6.01. The van der Waals surface area contributed by atoms with Crippen molar-refractivity contribution in [2.24, 2.45) is 0 Å². The molecule has 0 spiro atoms. The predicted molar refractivity (Wildman–Crippen MR) is 75.1 cm³/mol. The molecule has 0 aliphatic carbocycles. The molecule has 0 aliphatic rings. The van der Waals surface area contributed by atoms with Crippen LogP contribution in [0.3, 0.4) is 0 Å². The second-order valence-electron chi connectivity index (χ2n) is 4.35. The molecule has 1 aromatic carbocycles. The summed E-state index contributed by atoms with van der Waals surface area (Å²) in [6, 6.07) is 9.41. The molecule has 2 rings (SSSR count). The first-order valence-electron chi connectivity index (χ1n) is 6.19. The van der Waals surface area contributed by atoms with E-state index in [2.05, 4.69) is 10.9 Å². The summed E-state index contributed by atoms with van der Waals surface area (Å²) in [5.74, 6) is 3.48. The Labute approximate surface area is 112 Å². The molecule has 2 aromatic rings. The fourth-order valence-electron chi connectivity index (χ4n) is 1.78. The van der Waals surface area contributed by atoms with E-state index in [1.807, 2.05) is 30.3 Å². The van der Waals surface area contributed by atoms with Gasteiger partial charge in [-0.1, -0.05) is 5.92 Å². The number of hydrogen-bond acceptors (Lipinski definition) is 3. The van der Waals surface area contributed by atoms with Gasteiger partial charge in [0, 0.05) is 11.8 Å². The molecule has 0 saturated carbocycles. The maximum atomic E-state index is 10.8. The molecule has 3 nitrogen and oxygen atoms in total. The average Bonchev–Trinajstić information content (AvgIpc) is 2.42. The molecule has 3 heteroatoms. The maximum Gasteiger partial charge on any atom is 0.129 e. The highest BCUT2D eigenvalue weighted by atomic mass is 16.5. The Balaban J connectivity index is 2.05. The molecular weight excluding hydrogens is 238 g/mol. The minimum Gasteiger partial charge on any atom is -0.494 e. The van der Waals surface area contributed by atoms with Crippen LogP contribution in [0, 0.1) is 12.3 Å². The topological polar surface area (TPSA) is 39.2 Å². The van der Waals surface area contributed by atoms with E-state index in [0.717, 1.165) is 23.1 Å². The number of benzene rings is 1. The van der Waals surface area contributed by atoms with Crippen molar-refractivity contribution in [3.8, 4) is 18.1 Å². The Morgan fingerprint density at radius 3 is 2.95 bits per heavy atom. The summed E-state index contributed by atoms with van der Waals surface area (Å²) in [5.41, 5.74) is 1.48. The Bertz CT molecular complexity index is 641. The van der Waals surface area contributed by atoms with Crippen molar-refractivity contribution >= 4 is 16.7 Å². The van der Waals surface area contributed by atoms with Crippen molar-refractivity contribution in [2.45, 2.75) is 19.8 Å². The van der Waals surface area contributed by atoms with Crippen LogP contribution in [0.4, 0.5) is 0 Å². The average molecular weight is 253 g/mol. The maximum absolute atomic E-state index is 10.8. The SMILES string of the molecule is C#Cc1ccc2cc(OCCCC(C)=O)ccc2n1. The smallest absolute Gasteiger partial charge is 0.129 e. The van der Waals surface area contributed by atoms with Gasteiger partial charge in [-0.25, -0.2) is 4.98 Å². The summed E-state index contributed by atoms with van der Waals surface area (Å²) in [6.45, 7) is 2.13. The number of ketones is 1. The van der Waals surface area contributed by atoms with E-state index < -0.39 is 0 Å². The van der Waals surface area contributed by atoms with Gasteiger partial charge >= 0.3 is 0 Å². The molecule has 0 unspecified atom stereocenters. The first-order valence-corrected chi connectivity index (χ1v) is 6.19. The van der Waals surface area contributed by atoms with Crippen LogP contribution in [0.2, 0.25) is 0 Å². The van der Waals surface area contributed by atoms with Gasteiger partial charge in [-0.2, -0.15) is 0 Å². The summed E-state index contributed by atoms with van der Waals surface area (Å²) in [4.78, 5) is 15.1. The van der Waals surface area contributed by atoms with Gasteiger partial charge in [0.15, 0.2) is 0 Å². The van der Waals surface area contributed by atoms with Crippen LogP contribution in [0.1, 0.15) is 25.5 Å². The summed E-state index contributed by atoms with van der Waals surface area (Å²) >= 11 is 0. The fourth-order valence-corrected chi connectivity index (χ4v) is 1.78. The number of ether oxygens (including phenoxy) is 1. The first kappa shape index (κ1) is 13.1. The second-order valence-corrected chi connectivity index (χ2v) is 4.35. The van der Waals surface area contributed by atoms with E-state index in [0.29, 0.717) is 18.7 Å². The molecule has 0 N–H and O–H groups in total. The lowest BCUT2D eigenvalue weighted by Gasteiger charge is -2.06. The van der Waals surface area contributed by atoms with E-state index in [4.69, 9.17) is 11.2 Å². The lowest BCUT2D eigenvalue weighted by Crippen LogP contribution is -2.00. The number of terminal acetylenes is 1. The minimum atomic E-state index is 0.188. The number of carbonyl (C=O) groups excluding carboxylic acids is 1. The highest BCUT2D eigenvalue weighted by Gasteiger charge is 2.00. The molecule has 0 saturated heterocycles. The third-order valence-electron chi connectivity index (χ3n) is 2.75. The minimum absolute atomic E-state index is 0.188. The van der Waals surface area contributed by atoms with E-state index >= 15 is 0 Å². The van der Waals surface area contributed by atoms with Crippen molar-refractivity contribution in [2.75, 3.05) is 6.61 Å². The van der Waals surface area contributed by atoms with Crippen LogP contribution in [0.15, 0.2) is 30.3 Å². The van der Waals surface area contributed by atoms with Crippen LogP contribution in [0.25, 0.3) is 10.9 Å². The molecular formula is C16H15NO2. The Morgan fingerprint density at radius 1 is 1.37 bits per heavy atom. The van der Waals surface area contributed by atoms with Gasteiger partial charge in [0.1, 0.15) is 17.2 Å². The summed E-state index contributed by atoms with van der Waals surface area (Å²) in [7, 11) is 0. The third kappa shape index (κ3) is 3.56. The van der Waals surface area contributed by atoms with Gasteiger partial charge < -0.3 is 9.53 Å². The first-order chi connectivity index (χ1) is 9.19. The Kier molecular flexibility index (Phi) is 4.15. The number of aromatic nitrogens is 1. The van der Waals surface area contributed by atoms with Crippen molar-refractivity contribution in [3.05, 3.63) is 36.0 Å². The highest BCUT2D eigenvalue weighted by Crippen LogP contribution is 2.20. The van der Waals surface area contributed by atoms with E-state index in [1.54, 1.807) is 6.92 Å². The predicted octanol–water partition coefficient (Wildman–Crippen LogP) is 2.96. The number of carbonyl (C=O) groups is 1. The number of rotatable bonds is 5. The van der Waals surface area contributed by atoms with Gasteiger partial charge in [-0.3, -0.25) is 0 Å². The quantitative estimate of drug-likeness (QED) is 0.607. The van der Waals surface area contributed by atoms with Gasteiger partial charge in [-0.05, 0) is 43.7 Å². The van der Waals surface area contributed by atoms with E-state index in [1.165, 1.54) is 0 Å². The van der Waals surface area contributed by atoms with Crippen LogP contribution in [-0.4, -0.2) is 17.4 Å². The molecule has 0 radical (unpaired) electrons. The molecule has 19 heavy (non-hydrogen) atoms. The van der Waals surface area contributed by atoms with Gasteiger partial charge in [0.2, 0.25) is 0 Å². The summed E-state index contributed by atoms with van der Waals surface area (Å²) in [5, 5.41) is 0.989. The monoisotopic (exact) mass is 253 g/mol. The fraction of sp³-hybridized carbons (Fsp3) is 0.250. The Morgan fingerprint density at radius 2 is 2.21 bits per heavy atom. The summed E-state index contributed by atoms with van der Waals surface area (Å²) in [6.07, 6.45) is 6.61. The van der Waals surface area contributed by atoms with Crippen LogP contribution >= 0.6 is 0 Å². The van der Waals surface area contributed by atoms with Gasteiger partial charge in [0.25, 0.3) is 0 Å². The summed E-state index contributed by atoms with van der Waals surface area (Å²) < 4.78 is 5.60. The zero-order chi connectivity index (χ0) is 13.7. The zero-order valence-electron chi connectivity index (χ0n) is 10.8. The molecule has 1 aromatic heterocycles. The molecule has 96 valence electrons. The number of fused-ring (bicyclic) bond motifs is 1. The number of hydrogen-bond donors (Lipinski definition) is 0.